The second-order valence-corrected chi connectivity index (χ2v) is 7.62. The van der Waals surface area contributed by atoms with Crippen LogP contribution in [0.3, 0.4) is 0 Å². The van der Waals surface area contributed by atoms with Gasteiger partial charge < -0.3 is 9.53 Å². The maximum absolute atomic E-state index is 10.0. The van der Waals surface area contributed by atoms with Crippen LogP contribution in [0.15, 0.2) is 0 Å². The zero-order valence-corrected chi connectivity index (χ0v) is 7.68. The standard InChI is InChI=1S/C6H14O3Si/c1-10(2,3)9-5-4-6(7)8/h4-5H2,1-3H3,(H,7,8). The van der Waals surface area contributed by atoms with Crippen LogP contribution < -0.4 is 0 Å². The van der Waals surface area contributed by atoms with E-state index in [-0.39, 0.29) is 6.42 Å². The van der Waals surface area contributed by atoms with Crippen LogP contribution in [-0.2, 0) is 9.22 Å². The Morgan fingerprint density at radius 2 is 2.00 bits per heavy atom. The fourth-order valence-electron chi connectivity index (χ4n) is 0.445. The maximum atomic E-state index is 10.0. The van der Waals surface area contributed by atoms with Gasteiger partial charge in [0.25, 0.3) is 0 Å². The fraction of sp³-hybridized carbons (Fsp3) is 0.833. The van der Waals surface area contributed by atoms with E-state index in [1.165, 1.54) is 0 Å². The number of carboxylic acids is 1. The van der Waals surface area contributed by atoms with Crippen molar-refractivity contribution in [3.8, 4) is 0 Å². The highest BCUT2D eigenvalue weighted by molar-refractivity contribution is 6.69. The lowest BCUT2D eigenvalue weighted by molar-refractivity contribution is -0.137. The minimum atomic E-state index is -1.49. The normalized spacial score (nSPS) is 11.5. The van der Waals surface area contributed by atoms with Crippen molar-refractivity contribution in [2.75, 3.05) is 6.61 Å². The van der Waals surface area contributed by atoms with Gasteiger partial charge in [0.1, 0.15) is 0 Å². The summed E-state index contributed by atoms with van der Waals surface area (Å²) in [6.45, 7) is 6.46. The number of carbonyl (C=O) groups is 1. The van der Waals surface area contributed by atoms with Gasteiger partial charge in [-0.3, -0.25) is 4.79 Å². The predicted octanol–water partition coefficient (Wildman–Crippen LogP) is 1.31. The Morgan fingerprint density at radius 1 is 1.50 bits per heavy atom. The van der Waals surface area contributed by atoms with Gasteiger partial charge in [-0.2, -0.15) is 0 Å². The van der Waals surface area contributed by atoms with Gasteiger partial charge in [0.2, 0.25) is 0 Å². The molecule has 0 aromatic carbocycles. The van der Waals surface area contributed by atoms with Crippen LogP contribution in [0, 0.1) is 0 Å². The highest BCUT2D eigenvalue weighted by atomic mass is 28.4. The molecule has 0 unspecified atom stereocenters. The Balaban J connectivity index is 3.29. The molecule has 3 nitrogen and oxygen atoms in total. The summed E-state index contributed by atoms with van der Waals surface area (Å²) in [5.74, 6) is -0.793. The molecule has 60 valence electrons. The van der Waals surface area contributed by atoms with Crippen molar-refractivity contribution in [1.29, 1.82) is 0 Å². The van der Waals surface area contributed by atoms with E-state index < -0.39 is 14.3 Å². The van der Waals surface area contributed by atoms with Gasteiger partial charge in [-0.1, -0.05) is 0 Å². The fourth-order valence-corrected chi connectivity index (χ4v) is 1.16. The molecule has 0 aromatic heterocycles. The molecule has 0 radical (unpaired) electrons. The van der Waals surface area contributed by atoms with Crippen molar-refractivity contribution < 1.29 is 14.3 Å². The van der Waals surface area contributed by atoms with Crippen LogP contribution in [0.5, 0.6) is 0 Å². The van der Waals surface area contributed by atoms with E-state index in [0.29, 0.717) is 6.61 Å². The van der Waals surface area contributed by atoms with Crippen molar-refractivity contribution in [2.24, 2.45) is 0 Å². The van der Waals surface area contributed by atoms with Gasteiger partial charge in [-0.15, -0.1) is 0 Å². The van der Waals surface area contributed by atoms with Crippen LogP contribution in [-0.4, -0.2) is 26.0 Å². The smallest absolute Gasteiger partial charge is 0.305 e. The van der Waals surface area contributed by atoms with E-state index >= 15 is 0 Å². The molecule has 0 heterocycles. The second kappa shape index (κ2) is 3.73. The Morgan fingerprint density at radius 3 is 2.30 bits per heavy atom. The second-order valence-electron chi connectivity index (χ2n) is 3.10. The maximum Gasteiger partial charge on any atom is 0.305 e. The molecule has 4 heteroatoms. The number of rotatable bonds is 4. The summed E-state index contributed by atoms with van der Waals surface area (Å²) in [5, 5.41) is 8.25. The van der Waals surface area contributed by atoms with Crippen molar-refractivity contribution in [2.45, 2.75) is 26.1 Å². The van der Waals surface area contributed by atoms with Crippen LogP contribution in [0.25, 0.3) is 0 Å². The molecule has 0 fully saturated rings. The Hall–Kier alpha value is -0.353. The molecule has 0 saturated heterocycles. The summed E-state index contributed by atoms with van der Waals surface area (Å²) in [4.78, 5) is 10.0. The van der Waals surface area contributed by atoms with Crippen molar-refractivity contribution >= 4 is 14.3 Å². The van der Waals surface area contributed by atoms with E-state index in [4.69, 9.17) is 9.53 Å². The third-order valence-corrected chi connectivity index (χ3v) is 1.92. The number of carboxylic acid groups (broad SMARTS) is 1. The van der Waals surface area contributed by atoms with E-state index in [0.717, 1.165) is 0 Å². The molecule has 0 spiro atoms. The Labute approximate surface area is 62.1 Å². The molecule has 0 aliphatic heterocycles. The number of aliphatic carboxylic acids is 1. The molecule has 0 bridgehead atoms. The monoisotopic (exact) mass is 162 g/mol. The average Bonchev–Trinajstić information content (AvgIpc) is 1.59. The summed E-state index contributed by atoms with van der Waals surface area (Å²) in [6, 6.07) is 0. The van der Waals surface area contributed by atoms with Crippen molar-refractivity contribution in [3.63, 3.8) is 0 Å². The Kier molecular flexibility index (Phi) is 3.60. The first-order chi connectivity index (χ1) is 4.42. The molecular weight excluding hydrogens is 148 g/mol. The van der Waals surface area contributed by atoms with E-state index in [1.807, 2.05) is 19.6 Å². The predicted molar refractivity (Wildman–Crippen MR) is 41.6 cm³/mol. The lowest BCUT2D eigenvalue weighted by atomic mass is 10.5. The van der Waals surface area contributed by atoms with E-state index in [2.05, 4.69) is 0 Å². The van der Waals surface area contributed by atoms with Gasteiger partial charge in [-0.25, -0.2) is 0 Å². The van der Waals surface area contributed by atoms with Gasteiger partial charge in [0.05, 0.1) is 6.42 Å². The molecule has 1 N–H and O–H groups in total. The minimum Gasteiger partial charge on any atom is -0.481 e. The molecular formula is C6H14O3Si. The molecule has 0 aliphatic rings. The zero-order valence-electron chi connectivity index (χ0n) is 6.68. The van der Waals surface area contributed by atoms with Crippen molar-refractivity contribution in [3.05, 3.63) is 0 Å². The van der Waals surface area contributed by atoms with Gasteiger partial charge in [0, 0.05) is 6.61 Å². The molecule has 0 rings (SSSR count). The first-order valence-electron chi connectivity index (χ1n) is 3.27. The van der Waals surface area contributed by atoms with Crippen LogP contribution in [0.2, 0.25) is 19.6 Å². The first-order valence-corrected chi connectivity index (χ1v) is 6.68. The van der Waals surface area contributed by atoms with Crippen LogP contribution >= 0.6 is 0 Å². The molecule has 0 saturated carbocycles. The topological polar surface area (TPSA) is 46.5 Å². The number of hydrogen-bond donors (Lipinski definition) is 1. The first kappa shape index (κ1) is 9.65. The summed E-state index contributed by atoms with van der Waals surface area (Å²) >= 11 is 0. The molecule has 0 aliphatic carbocycles. The van der Waals surface area contributed by atoms with Crippen molar-refractivity contribution in [1.82, 2.24) is 0 Å². The third kappa shape index (κ3) is 7.65. The lowest BCUT2D eigenvalue weighted by Gasteiger charge is -2.15. The molecule has 0 atom stereocenters. The molecule has 0 amide bonds. The Bertz CT molecular complexity index is 117. The quantitative estimate of drug-likeness (QED) is 0.634. The SMILES string of the molecule is C[Si](C)(C)OCCC(=O)O. The largest absolute Gasteiger partial charge is 0.481 e. The summed E-state index contributed by atoms with van der Waals surface area (Å²) in [5.41, 5.74) is 0. The van der Waals surface area contributed by atoms with Gasteiger partial charge >= 0.3 is 5.97 Å². The van der Waals surface area contributed by atoms with E-state index in [9.17, 15) is 4.79 Å². The van der Waals surface area contributed by atoms with Gasteiger partial charge in [-0.05, 0) is 19.6 Å². The minimum absolute atomic E-state index is 0.115. The third-order valence-electron chi connectivity index (χ3n) is 0.851. The van der Waals surface area contributed by atoms with Gasteiger partial charge in [0.15, 0.2) is 8.32 Å². The lowest BCUT2D eigenvalue weighted by Crippen LogP contribution is -2.26. The van der Waals surface area contributed by atoms with Crippen LogP contribution in [0.1, 0.15) is 6.42 Å². The zero-order chi connectivity index (χ0) is 8.20. The molecule has 10 heavy (non-hydrogen) atoms. The van der Waals surface area contributed by atoms with Crippen LogP contribution in [0.4, 0.5) is 0 Å². The number of hydrogen-bond acceptors (Lipinski definition) is 2. The average molecular weight is 162 g/mol. The van der Waals surface area contributed by atoms with E-state index in [1.54, 1.807) is 0 Å². The summed E-state index contributed by atoms with van der Waals surface area (Å²) in [7, 11) is -1.49. The molecule has 0 aromatic rings. The summed E-state index contributed by atoms with van der Waals surface area (Å²) < 4.78 is 5.30. The summed E-state index contributed by atoms with van der Waals surface area (Å²) in [6.07, 6.45) is 0.115. The highest BCUT2D eigenvalue weighted by Crippen LogP contribution is 2.02. The highest BCUT2D eigenvalue weighted by Gasteiger charge is 2.13.